The quantitative estimate of drug-likeness (QED) is 0.753. The maximum Gasteiger partial charge on any atom is 0.417 e. The number of hydrogen-bond acceptors (Lipinski definition) is 3. The normalized spacial score (nSPS) is 16.1. The number of hydrogen-bond donors (Lipinski definition) is 0. The van der Waals surface area contributed by atoms with Crippen LogP contribution < -0.4 is 0 Å². The lowest BCUT2D eigenvalue weighted by Gasteiger charge is -2.34. The van der Waals surface area contributed by atoms with Crippen LogP contribution in [0.5, 0.6) is 0 Å². The molecule has 0 saturated carbocycles. The highest BCUT2D eigenvalue weighted by Crippen LogP contribution is 2.35. The number of aryl methyl sites for hydroxylation is 1. The summed E-state index contributed by atoms with van der Waals surface area (Å²) in [4.78, 5) is 13.4. The van der Waals surface area contributed by atoms with E-state index in [4.69, 9.17) is 0 Å². The van der Waals surface area contributed by atoms with Crippen LogP contribution in [-0.2, 0) is 22.6 Å². The molecule has 0 aliphatic carbocycles. The Morgan fingerprint density at radius 1 is 0.966 bits per heavy atom. The Morgan fingerprint density at radius 3 is 2.10 bits per heavy atom. The van der Waals surface area contributed by atoms with Crippen molar-refractivity contribution in [3.05, 3.63) is 65.2 Å². The number of alkyl halides is 3. The number of carbonyl (C=O) groups is 1. The summed E-state index contributed by atoms with van der Waals surface area (Å²) in [6.45, 7) is 2.11. The number of piperazine rings is 1. The van der Waals surface area contributed by atoms with Gasteiger partial charge in [-0.1, -0.05) is 31.2 Å². The minimum absolute atomic E-state index is 0.0622. The fraction of sp³-hybridized carbons (Fsp3) is 0.350. The third kappa shape index (κ3) is 4.45. The Balaban J connectivity index is 1.74. The topological polar surface area (TPSA) is 57.7 Å². The van der Waals surface area contributed by atoms with Crippen molar-refractivity contribution >= 4 is 15.9 Å². The average Bonchev–Trinajstić information content (AvgIpc) is 2.73. The first-order valence-corrected chi connectivity index (χ1v) is 10.6. The maximum absolute atomic E-state index is 13.2. The number of nitrogens with zero attached hydrogens (tertiary/aromatic N) is 2. The van der Waals surface area contributed by atoms with Crippen molar-refractivity contribution in [3.8, 4) is 0 Å². The van der Waals surface area contributed by atoms with Crippen molar-refractivity contribution in [2.75, 3.05) is 26.2 Å². The van der Waals surface area contributed by atoms with Gasteiger partial charge in [-0.2, -0.15) is 17.5 Å². The molecule has 1 aliphatic rings. The summed E-state index contributed by atoms with van der Waals surface area (Å²) in [5.74, 6) is -0.222. The van der Waals surface area contributed by atoms with Crippen molar-refractivity contribution in [1.82, 2.24) is 9.21 Å². The van der Waals surface area contributed by atoms with Gasteiger partial charge in [0.25, 0.3) is 5.91 Å². The lowest BCUT2D eigenvalue weighted by Crippen LogP contribution is -2.50. The zero-order chi connectivity index (χ0) is 21.2. The molecule has 1 heterocycles. The van der Waals surface area contributed by atoms with E-state index in [1.54, 1.807) is 12.1 Å². The van der Waals surface area contributed by atoms with Crippen LogP contribution in [0.15, 0.2) is 53.4 Å². The zero-order valence-corrected chi connectivity index (χ0v) is 16.6. The van der Waals surface area contributed by atoms with Crippen LogP contribution in [0.25, 0.3) is 0 Å². The van der Waals surface area contributed by atoms with Gasteiger partial charge >= 0.3 is 6.18 Å². The summed E-state index contributed by atoms with van der Waals surface area (Å²) in [5, 5.41) is 0. The van der Waals surface area contributed by atoms with Crippen LogP contribution in [-0.4, -0.2) is 49.7 Å². The van der Waals surface area contributed by atoms with Gasteiger partial charge in [0.1, 0.15) is 0 Å². The van der Waals surface area contributed by atoms with Crippen LogP contribution in [0.2, 0.25) is 0 Å². The van der Waals surface area contributed by atoms with E-state index in [0.29, 0.717) is 5.56 Å². The average molecular weight is 426 g/mol. The van der Waals surface area contributed by atoms with Gasteiger partial charge in [0.15, 0.2) is 0 Å². The van der Waals surface area contributed by atoms with E-state index in [0.717, 1.165) is 34.5 Å². The van der Waals surface area contributed by atoms with E-state index in [1.807, 2.05) is 19.1 Å². The third-order valence-electron chi connectivity index (χ3n) is 4.95. The zero-order valence-electron chi connectivity index (χ0n) is 15.8. The molecule has 0 aromatic heterocycles. The Hall–Kier alpha value is -2.39. The molecule has 1 aliphatic heterocycles. The molecule has 0 radical (unpaired) electrons. The highest BCUT2D eigenvalue weighted by Gasteiger charge is 2.39. The Kier molecular flexibility index (Phi) is 6.00. The van der Waals surface area contributed by atoms with Gasteiger partial charge in [0.05, 0.1) is 10.5 Å². The molecule has 1 fully saturated rings. The molecule has 0 N–H and O–H groups in total. The van der Waals surface area contributed by atoms with Crippen LogP contribution in [0, 0.1) is 0 Å². The number of amides is 1. The number of carbonyl (C=O) groups excluding carboxylic acids is 1. The van der Waals surface area contributed by atoms with Gasteiger partial charge in [-0.05, 0) is 36.2 Å². The van der Waals surface area contributed by atoms with Gasteiger partial charge in [-0.15, -0.1) is 0 Å². The van der Waals surface area contributed by atoms with Gasteiger partial charge in [0, 0.05) is 31.7 Å². The molecule has 1 amide bonds. The molecule has 29 heavy (non-hydrogen) atoms. The smallest absolute Gasteiger partial charge is 0.336 e. The van der Waals surface area contributed by atoms with Gasteiger partial charge in [0.2, 0.25) is 10.0 Å². The number of halogens is 3. The van der Waals surface area contributed by atoms with E-state index in [9.17, 15) is 26.4 Å². The van der Waals surface area contributed by atoms with E-state index in [2.05, 4.69) is 0 Å². The minimum Gasteiger partial charge on any atom is -0.336 e. The number of rotatable bonds is 4. The summed E-state index contributed by atoms with van der Waals surface area (Å²) in [6, 6.07) is 11.3. The number of benzene rings is 2. The lowest BCUT2D eigenvalue weighted by molar-refractivity contribution is -0.139. The fourth-order valence-electron chi connectivity index (χ4n) is 3.26. The van der Waals surface area contributed by atoms with Crippen molar-refractivity contribution in [1.29, 1.82) is 0 Å². The predicted molar refractivity (Wildman–Crippen MR) is 102 cm³/mol. The highest BCUT2D eigenvalue weighted by atomic mass is 32.2. The predicted octanol–water partition coefficient (Wildman–Crippen LogP) is 3.41. The van der Waals surface area contributed by atoms with Crippen molar-refractivity contribution in [3.63, 3.8) is 0 Å². The summed E-state index contributed by atoms with van der Waals surface area (Å²) in [7, 11) is -4.32. The first-order valence-electron chi connectivity index (χ1n) is 9.19. The Bertz CT molecular complexity index is 981. The largest absolute Gasteiger partial charge is 0.417 e. The summed E-state index contributed by atoms with van der Waals surface area (Å²) in [5.41, 5.74) is 0.413. The standard InChI is InChI=1S/C20H21F3N2O3S/c1-2-15-7-9-16(10-8-15)19(26)24-11-13-25(14-12-24)29(27,28)18-6-4-3-5-17(18)20(21,22)23/h3-10H,2,11-14H2,1H3. The second-order valence-corrected chi connectivity index (χ2v) is 8.65. The minimum atomic E-state index is -4.77. The molecule has 1 saturated heterocycles. The first kappa shape index (κ1) is 21.3. The second-order valence-electron chi connectivity index (χ2n) is 6.74. The molecule has 0 atom stereocenters. The molecule has 9 heteroatoms. The molecule has 0 bridgehead atoms. The summed E-state index contributed by atoms with van der Waals surface area (Å²) >= 11 is 0. The number of sulfonamides is 1. The second kappa shape index (κ2) is 8.16. The maximum atomic E-state index is 13.2. The summed E-state index contributed by atoms with van der Waals surface area (Å²) in [6.07, 6.45) is -3.92. The van der Waals surface area contributed by atoms with Crippen LogP contribution in [0.4, 0.5) is 13.2 Å². The van der Waals surface area contributed by atoms with E-state index in [1.165, 1.54) is 11.0 Å². The molecule has 2 aromatic rings. The van der Waals surface area contributed by atoms with E-state index < -0.39 is 26.7 Å². The molecule has 0 unspecified atom stereocenters. The van der Waals surface area contributed by atoms with Crippen LogP contribution >= 0.6 is 0 Å². The van der Waals surface area contributed by atoms with Crippen LogP contribution in [0.3, 0.4) is 0 Å². The SMILES string of the molecule is CCc1ccc(C(=O)N2CCN(S(=O)(=O)c3ccccc3C(F)(F)F)CC2)cc1. The molecule has 156 valence electrons. The van der Waals surface area contributed by atoms with Crippen LogP contribution in [0.1, 0.15) is 28.4 Å². The summed E-state index contributed by atoms with van der Waals surface area (Å²) < 4.78 is 66.2. The Morgan fingerprint density at radius 2 is 1.55 bits per heavy atom. The molecule has 3 rings (SSSR count). The molecular weight excluding hydrogens is 405 g/mol. The van der Waals surface area contributed by atoms with Crippen molar-refractivity contribution < 1.29 is 26.4 Å². The van der Waals surface area contributed by atoms with Gasteiger partial charge in [-0.3, -0.25) is 4.79 Å². The monoisotopic (exact) mass is 426 g/mol. The first-order chi connectivity index (χ1) is 13.6. The van der Waals surface area contributed by atoms with Crippen molar-refractivity contribution in [2.24, 2.45) is 0 Å². The molecule has 2 aromatic carbocycles. The third-order valence-corrected chi connectivity index (χ3v) is 6.90. The van der Waals surface area contributed by atoms with Gasteiger partial charge in [-0.25, -0.2) is 8.42 Å². The molecular formula is C20H21F3N2O3S. The Labute approximate surface area is 167 Å². The van der Waals surface area contributed by atoms with E-state index in [-0.39, 0.29) is 32.1 Å². The fourth-order valence-corrected chi connectivity index (χ4v) is 4.90. The highest BCUT2D eigenvalue weighted by molar-refractivity contribution is 7.89. The molecule has 5 nitrogen and oxygen atoms in total. The van der Waals surface area contributed by atoms with Crippen molar-refractivity contribution in [2.45, 2.75) is 24.4 Å². The van der Waals surface area contributed by atoms with E-state index >= 15 is 0 Å². The van der Waals surface area contributed by atoms with Gasteiger partial charge < -0.3 is 4.90 Å². The molecule has 0 spiro atoms. The lowest BCUT2D eigenvalue weighted by atomic mass is 10.1.